The van der Waals surface area contributed by atoms with Gasteiger partial charge in [-0.2, -0.15) is 0 Å². The van der Waals surface area contributed by atoms with Crippen LogP contribution in [-0.2, 0) is 14.9 Å². The second-order valence-electron chi connectivity index (χ2n) is 7.43. The number of hydrogen-bond donors (Lipinski definition) is 0. The lowest BCUT2D eigenvalue weighted by Crippen LogP contribution is -2.56. The molecule has 2 saturated heterocycles. The zero-order chi connectivity index (χ0) is 19.6. The fraction of sp³-hybridized carbons (Fsp3) is 0.409. The normalized spacial score (nSPS) is 19.5. The molecule has 148 valence electrons. The minimum atomic E-state index is -0.630. The fourth-order valence-electron chi connectivity index (χ4n) is 4.31. The third-order valence-electron chi connectivity index (χ3n) is 5.89. The van der Waals surface area contributed by atoms with E-state index in [2.05, 4.69) is 17.0 Å². The van der Waals surface area contributed by atoms with E-state index in [0.29, 0.717) is 49.2 Å². The number of ether oxygens (including phenoxy) is 1. The lowest BCUT2D eigenvalue weighted by Gasteiger charge is -2.43. The standard InChI is InChI=1S/C22H24Cl2N2O2/c23-17-6-7-19(20(24)16-17)22(8-14-28-15-9-22)21(27)26-12-10-25(11-13-26)18-4-2-1-3-5-18/h1-7,16H,8-15H2. The number of benzene rings is 2. The first kappa shape index (κ1) is 19.6. The summed E-state index contributed by atoms with van der Waals surface area (Å²) in [4.78, 5) is 18.0. The Morgan fingerprint density at radius 3 is 2.25 bits per heavy atom. The molecule has 0 aromatic heterocycles. The van der Waals surface area contributed by atoms with Crippen LogP contribution in [0.25, 0.3) is 0 Å². The number of carbonyl (C=O) groups excluding carboxylic acids is 1. The number of carbonyl (C=O) groups is 1. The molecule has 2 fully saturated rings. The van der Waals surface area contributed by atoms with Gasteiger partial charge in [0.1, 0.15) is 0 Å². The van der Waals surface area contributed by atoms with Crippen LogP contribution in [0.4, 0.5) is 5.69 Å². The van der Waals surface area contributed by atoms with Gasteiger partial charge in [0.2, 0.25) is 5.91 Å². The van der Waals surface area contributed by atoms with Gasteiger partial charge in [-0.05, 0) is 42.7 Å². The van der Waals surface area contributed by atoms with Crippen molar-refractivity contribution in [3.63, 3.8) is 0 Å². The molecule has 0 N–H and O–H groups in total. The van der Waals surface area contributed by atoms with Crippen molar-refractivity contribution in [3.05, 3.63) is 64.1 Å². The van der Waals surface area contributed by atoms with Gasteiger partial charge >= 0.3 is 0 Å². The Bertz CT molecular complexity index is 830. The maximum absolute atomic E-state index is 13.7. The highest BCUT2D eigenvalue weighted by Gasteiger charge is 2.45. The van der Waals surface area contributed by atoms with Crippen LogP contribution >= 0.6 is 23.2 Å². The second-order valence-corrected chi connectivity index (χ2v) is 8.28. The summed E-state index contributed by atoms with van der Waals surface area (Å²) in [6, 6.07) is 15.8. The van der Waals surface area contributed by atoms with E-state index < -0.39 is 5.41 Å². The lowest BCUT2D eigenvalue weighted by atomic mass is 9.72. The van der Waals surface area contributed by atoms with Gasteiger partial charge in [-0.3, -0.25) is 4.79 Å². The Kier molecular flexibility index (Phi) is 5.81. The average molecular weight is 419 g/mol. The topological polar surface area (TPSA) is 32.8 Å². The number of halogens is 2. The molecule has 0 bridgehead atoms. The molecule has 4 rings (SSSR count). The Morgan fingerprint density at radius 2 is 1.61 bits per heavy atom. The summed E-state index contributed by atoms with van der Waals surface area (Å²) in [5.74, 6) is 0.160. The van der Waals surface area contributed by atoms with Crippen molar-refractivity contribution in [1.82, 2.24) is 4.90 Å². The minimum absolute atomic E-state index is 0.160. The van der Waals surface area contributed by atoms with Crippen molar-refractivity contribution >= 4 is 34.8 Å². The fourth-order valence-corrected chi connectivity index (χ4v) is 4.89. The first-order valence-corrected chi connectivity index (χ1v) is 10.5. The molecule has 1 amide bonds. The van der Waals surface area contributed by atoms with E-state index in [9.17, 15) is 4.79 Å². The molecule has 4 nitrogen and oxygen atoms in total. The summed E-state index contributed by atoms with van der Waals surface area (Å²) in [5, 5.41) is 1.14. The van der Waals surface area contributed by atoms with E-state index >= 15 is 0 Å². The second kappa shape index (κ2) is 8.32. The Balaban J connectivity index is 1.55. The maximum atomic E-state index is 13.7. The SMILES string of the molecule is O=C(N1CCN(c2ccccc2)CC1)C1(c2ccc(Cl)cc2Cl)CCOCC1. The molecule has 0 saturated carbocycles. The van der Waals surface area contributed by atoms with Gasteiger partial charge in [-0.15, -0.1) is 0 Å². The molecule has 0 spiro atoms. The van der Waals surface area contributed by atoms with E-state index in [1.165, 1.54) is 5.69 Å². The number of piperazine rings is 1. The monoisotopic (exact) mass is 418 g/mol. The van der Waals surface area contributed by atoms with Crippen molar-refractivity contribution in [2.45, 2.75) is 18.3 Å². The molecule has 0 aliphatic carbocycles. The first-order valence-electron chi connectivity index (χ1n) is 9.73. The molecule has 0 unspecified atom stereocenters. The zero-order valence-electron chi connectivity index (χ0n) is 15.7. The molecular weight excluding hydrogens is 395 g/mol. The number of nitrogens with zero attached hydrogens (tertiary/aromatic N) is 2. The Labute approximate surface area is 176 Å². The van der Waals surface area contributed by atoms with E-state index in [4.69, 9.17) is 27.9 Å². The molecular formula is C22H24Cl2N2O2. The average Bonchev–Trinajstić information content (AvgIpc) is 2.74. The van der Waals surface area contributed by atoms with E-state index in [0.717, 1.165) is 18.7 Å². The third-order valence-corrected chi connectivity index (χ3v) is 6.44. The molecule has 2 aliphatic rings. The number of hydrogen-bond acceptors (Lipinski definition) is 3. The Morgan fingerprint density at radius 1 is 0.929 bits per heavy atom. The third kappa shape index (κ3) is 3.73. The highest BCUT2D eigenvalue weighted by molar-refractivity contribution is 6.35. The highest BCUT2D eigenvalue weighted by atomic mass is 35.5. The molecule has 2 heterocycles. The predicted octanol–water partition coefficient (Wildman–Crippen LogP) is 4.39. The summed E-state index contributed by atoms with van der Waals surface area (Å²) in [6.45, 7) is 4.21. The van der Waals surface area contributed by atoms with Gasteiger partial charge in [-0.1, -0.05) is 47.5 Å². The molecule has 0 radical (unpaired) electrons. The number of amides is 1. The van der Waals surface area contributed by atoms with Crippen LogP contribution in [0, 0.1) is 0 Å². The van der Waals surface area contributed by atoms with Crippen molar-refractivity contribution in [3.8, 4) is 0 Å². The largest absolute Gasteiger partial charge is 0.381 e. The van der Waals surface area contributed by atoms with Crippen molar-refractivity contribution in [2.24, 2.45) is 0 Å². The van der Waals surface area contributed by atoms with Crippen molar-refractivity contribution in [1.29, 1.82) is 0 Å². The summed E-state index contributed by atoms with van der Waals surface area (Å²) < 4.78 is 5.57. The van der Waals surface area contributed by atoms with Crippen LogP contribution in [0.2, 0.25) is 10.0 Å². The van der Waals surface area contributed by atoms with Crippen LogP contribution in [0.15, 0.2) is 48.5 Å². The molecule has 28 heavy (non-hydrogen) atoms. The van der Waals surface area contributed by atoms with Crippen molar-refractivity contribution < 1.29 is 9.53 Å². The van der Waals surface area contributed by atoms with Crippen molar-refractivity contribution in [2.75, 3.05) is 44.3 Å². The van der Waals surface area contributed by atoms with Gasteiger partial charge in [0.25, 0.3) is 0 Å². The zero-order valence-corrected chi connectivity index (χ0v) is 17.3. The highest BCUT2D eigenvalue weighted by Crippen LogP contribution is 2.41. The van der Waals surface area contributed by atoms with Crippen LogP contribution < -0.4 is 4.90 Å². The quantitative estimate of drug-likeness (QED) is 0.740. The molecule has 2 aromatic rings. The van der Waals surface area contributed by atoms with Gasteiger partial charge < -0.3 is 14.5 Å². The lowest BCUT2D eigenvalue weighted by molar-refractivity contribution is -0.141. The van der Waals surface area contributed by atoms with Crippen LogP contribution in [-0.4, -0.2) is 50.2 Å². The van der Waals surface area contributed by atoms with Crippen LogP contribution in [0.3, 0.4) is 0 Å². The number of rotatable bonds is 3. The molecule has 6 heteroatoms. The Hall–Kier alpha value is -1.75. The minimum Gasteiger partial charge on any atom is -0.381 e. The van der Waals surface area contributed by atoms with Crippen LogP contribution in [0.5, 0.6) is 0 Å². The summed E-state index contributed by atoms with van der Waals surface area (Å²) in [7, 11) is 0. The van der Waals surface area contributed by atoms with Gasteiger partial charge in [-0.25, -0.2) is 0 Å². The molecule has 2 aliphatic heterocycles. The summed E-state index contributed by atoms with van der Waals surface area (Å²) in [5.41, 5.74) is 1.45. The van der Waals surface area contributed by atoms with E-state index in [1.807, 2.05) is 35.2 Å². The van der Waals surface area contributed by atoms with Gasteiger partial charge in [0, 0.05) is 55.1 Å². The summed E-state index contributed by atoms with van der Waals surface area (Å²) in [6.07, 6.45) is 1.29. The first-order chi connectivity index (χ1) is 13.6. The number of para-hydroxylation sites is 1. The van der Waals surface area contributed by atoms with Crippen LogP contribution in [0.1, 0.15) is 18.4 Å². The predicted molar refractivity (Wildman–Crippen MR) is 113 cm³/mol. The smallest absolute Gasteiger partial charge is 0.233 e. The summed E-state index contributed by atoms with van der Waals surface area (Å²) >= 11 is 12.6. The maximum Gasteiger partial charge on any atom is 0.233 e. The molecule has 2 aromatic carbocycles. The van der Waals surface area contributed by atoms with Gasteiger partial charge in [0.05, 0.1) is 5.41 Å². The number of anilines is 1. The van der Waals surface area contributed by atoms with Gasteiger partial charge in [0.15, 0.2) is 0 Å². The van der Waals surface area contributed by atoms with E-state index in [-0.39, 0.29) is 5.91 Å². The van der Waals surface area contributed by atoms with E-state index in [1.54, 1.807) is 6.07 Å². The molecule has 0 atom stereocenters.